The normalized spacial score (nSPS) is 13.4. The van der Waals surface area contributed by atoms with E-state index < -0.39 is 0 Å². The third-order valence-corrected chi connectivity index (χ3v) is 5.21. The van der Waals surface area contributed by atoms with Crippen molar-refractivity contribution < 1.29 is 12.4 Å². The van der Waals surface area contributed by atoms with Crippen molar-refractivity contribution in [1.82, 2.24) is 0 Å². The summed E-state index contributed by atoms with van der Waals surface area (Å²) in [6.07, 6.45) is 19.8. The van der Waals surface area contributed by atoms with Crippen molar-refractivity contribution >= 4 is 0 Å². The molecule has 0 saturated heterocycles. The summed E-state index contributed by atoms with van der Waals surface area (Å²) in [6, 6.07) is 0. The Labute approximate surface area is 156 Å². The van der Waals surface area contributed by atoms with Crippen molar-refractivity contribution in [3.05, 3.63) is 0 Å². The van der Waals surface area contributed by atoms with Crippen LogP contribution < -0.4 is 0 Å². The van der Waals surface area contributed by atoms with Gasteiger partial charge in [0, 0.05) is 0 Å². The van der Waals surface area contributed by atoms with E-state index in [1.165, 1.54) is 96.4 Å². The summed E-state index contributed by atoms with van der Waals surface area (Å²) >= 11 is 0. The number of aliphatic hydroxyl groups is 1. The van der Waals surface area contributed by atoms with Gasteiger partial charge in [-0.3, -0.25) is 0 Å². The first-order valence-electron chi connectivity index (χ1n) is 11.0. The van der Waals surface area contributed by atoms with Gasteiger partial charge in [-0.05, 0) is 19.3 Å². The van der Waals surface area contributed by atoms with Crippen LogP contribution in [0.2, 0.25) is 0 Å². The Bertz CT molecular complexity index is 263. The van der Waals surface area contributed by atoms with E-state index in [2.05, 4.69) is 27.9 Å². The molecule has 0 saturated carbocycles. The Morgan fingerprint density at radius 3 is 1.58 bits per heavy atom. The minimum atomic E-state index is -0.111. The van der Waals surface area contributed by atoms with Gasteiger partial charge in [0.25, 0.3) is 0 Å². The first kappa shape index (κ1) is 23.9. The van der Waals surface area contributed by atoms with E-state index in [1.807, 2.05) is 0 Å². The number of nitrogens with zero attached hydrogens (tertiary/aromatic N) is 1. The Morgan fingerprint density at radius 2 is 1.08 bits per heavy atom. The number of unbranched alkanes of at least 4 members (excludes halogenated alkanes) is 12. The van der Waals surface area contributed by atoms with Gasteiger partial charge in [-0.15, -0.1) is 0 Å². The molecule has 1 N–H and O–H groups in total. The third-order valence-electron chi connectivity index (χ3n) is 5.21. The second kappa shape index (κ2) is 16.4. The molecule has 0 aromatic carbocycles. The average Bonchev–Trinajstić information content (AvgIpc) is 2.52. The van der Waals surface area contributed by atoms with E-state index in [0.717, 1.165) is 17.4 Å². The Hall–Kier alpha value is -0.0800. The number of likely N-dealkylation sites (N-methyl/N-ethyl adjacent to an activating group) is 1. The van der Waals surface area contributed by atoms with Crippen molar-refractivity contribution in [2.45, 2.75) is 116 Å². The maximum atomic E-state index is 10.3. The molecule has 0 bridgehead atoms. The van der Waals surface area contributed by atoms with Crippen LogP contribution in [0.3, 0.4) is 0 Å². The molecule has 1 atom stereocenters. The summed E-state index contributed by atoms with van der Waals surface area (Å²) < 4.78 is 0.979. The number of hydrogen-bond acceptors (Lipinski definition) is 1. The lowest BCUT2D eigenvalue weighted by Gasteiger charge is -2.32. The monoisotopic (exact) mass is 344 g/mol. The molecule has 0 spiro atoms. The van der Waals surface area contributed by atoms with Crippen LogP contribution in [0.5, 0.6) is 0 Å². The zero-order valence-electron chi connectivity index (χ0n) is 19.5. The minimum Gasteiger partial charge on any atom is -0.387 e. The molecule has 2 nitrogen and oxygen atoms in total. The van der Waals surface area contributed by atoms with Gasteiger partial charge in [-0.1, -0.05) is 90.9 Å². The zero-order chi connectivity index (χ0) is 18.1. The first-order valence-corrected chi connectivity index (χ1v) is 11.0. The van der Waals surface area contributed by atoms with Crippen molar-refractivity contribution in [3.63, 3.8) is 0 Å². The SMILES string of the molecule is CCCCCCCCCC[N+](C)(C)CC(O)CCCCCCCC.[H+].[H+]. The van der Waals surface area contributed by atoms with Gasteiger partial charge in [0.1, 0.15) is 12.6 Å². The van der Waals surface area contributed by atoms with E-state index in [9.17, 15) is 5.11 Å². The number of quaternary nitrogens is 1. The van der Waals surface area contributed by atoms with Gasteiger partial charge in [0.2, 0.25) is 0 Å². The Morgan fingerprint density at radius 1 is 0.667 bits per heavy atom. The van der Waals surface area contributed by atoms with E-state index in [0.29, 0.717) is 0 Å². The van der Waals surface area contributed by atoms with Gasteiger partial charge in [-0.2, -0.15) is 0 Å². The first-order chi connectivity index (χ1) is 11.5. The Balaban J connectivity index is -0.00000264. The van der Waals surface area contributed by atoms with Crippen LogP contribution in [0.1, 0.15) is 113 Å². The Kier molecular flexibility index (Phi) is 16.3. The van der Waals surface area contributed by atoms with Crippen LogP contribution in [0, 0.1) is 0 Å². The lowest BCUT2D eigenvalue weighted by molar-refractivity contribution is -0.893. The van der Waals surface area contributed by atoms with Crippen LogP contribution in [0.4, 0.5) is 0 Å². The van der Waals surface area contributed by atoms with Crippen LogP contribution >= 0.6 is 0 Å². The second-order valence-electron chi connectivity index (χ2n) is 8.53. The molecule has 0 amide bonds. The van der Waals surface area contributed by atoms with Crippen LogP contribution in [-0.4, -0.2) is 42.9 Å². The fourth-order valence-corrected chi connectivity index (χ4v) is 3.59. The highest BCUT2D eigenvalue weighted by atomic mass is 16.3. The molecule has 0 aromatic rings. The van der Waals surface area contributed by atoms with Gasteiger partial charge in [0.15, 0.2) is 0 Å². The topological polar surface area (TPSA) is 20.2 Å². The molecule has 146 valence electrons. The molecule has 0 aliphatic heterocycles. The minimum absolute atomic E-state index is 0. The summed E-state index contributed by atoms with van der Waals surface area (Å²) in [5, 5.41) is 10.3. The quantitative estimate of drug-likeness (QED) is 0.221. The van der Waals surface area contributed by atoms with E-state index in [-0.39, 0.29) is 8.96 Å². The summed E-state index contributed by atoms with van der Waals surface area (Å²) in [5.41, 5.74) is 0. The molecule has 24 heavy (non-hydrogen) atoms. The van der Waals surface area contributed by atoms with Crippen LogP contribution in [0.15, 0.2) is 0 Å². The third kappa shape index (κ3) is 16.8. The molecule has 0 rings (SSSR count). The summed E-state index contributed by atoms with van der Waals surface area (Å²) in [5.74, 6) is 0. The summed E-state index contributed by atoms with van der Waals surface area (Å²) in [7, 11) is 4.57. The molecule has 0 aliphatic carbocycles. The average molecular weight is 345 g/mol. The van der Waals surface area contributed by atoms with E-state index in [4.69, 9.17) is 0 Å². The predicted octanol–water partition coefficient (Wildman–Crippen LogP) is 6.54. The van der Waals surface area contributed by atoms with Crippen molar-refractivity contribution in [2.75, 3.05) is 27.2 Å². The number of rotatable bonds is 18. The molecule has 0 fully saturated rings. The fourth-order valence-electron chi connectivity index (χ4n) is 3.59. The van der Waals surface area contributed by atoms with E-state index in [1.54, 1.807) is 0 Å². The lowest BCUT2D eigenvalue weighted by atomic mass is 10.1. The van der Waals surface area contributed by atoms with E-state index >= 15 is 0 Å². The lowest BCUT2D eigenvalue weighted by Crippen LogP contribution is -2.45. The summed E-state index contributed by atoms with van der Waals surface area (Å²) in [6.45, 7) is 6.67. The van der Waals surface area contributed by atoms with Crippen molar-refractivity contribution in [3.8, 4) is 0 Å². The van der Waals surface area contributed by atoms with Gasteiger partial charge in [0.05, 0.1) is 20.6 Å². The summed E-state index contributed by atoms with van der Waals surface area (Å²) in [4.78, 5) is 0. The highest BCUT2D eigenvalue weighted by Gasteiger charge is 2.19. The van der Waals surface area contributed by atoms with Gasteiger partial charge in [-0.25, -0.2) is 0 Å². The molecule has 0 radical (unpaired) electrons. The molecule has 2 heteroatoms. The highest BCUT2D eigenvalue weighted by Crippen LogP contribution is 2.13. The molecule has 1 unspecified atom stereocenters. The highest BCUT2D eigenvalue weighted by molar-refractivity contribution is 4.56. The van der Waals surface area contributed by atoms with Crippen molar-refractivity contribution in [1.29, 1.82) is 0 Å². The smallest absolute Gasteiger partial charge is 0.387 e. The van der Waals surface area contributed by atoms with Crippen molar-refractivity contribution in [2.24, 2.45) is 0 Å². The molecular weight excluding hydrogens is 294 g/mol. The fraction of sp³-hybridized carbons (Fsp3) is 1.00. The maximum absolute atomic E-state index is 10.3. The standard InChI is InChI=1S/C22H48NO/c1-5-7-9-11-13-14-16-18-20-23(3,4)21-22(24)19-17-15-12-10-8-6-2/h22,24H,5-21H2,1-4H3/q+1/p+2. The molecular formula is C22H50NO+3. The number of hydrogen-bond donors (Lipinski definition) is 1. The molecule has 0 heterocycles. The van der Waals surface area contributed by atoms with Gasteiger partial charge >= 0.3 is 2.85 Å². The molecule has 0 aromatic heterocycles. The maximum Gasteiger partial charge on any atom is 1.00 e. The van der Waals surface area contributed by atoms with Crippen LogP contribution in [-0.2, 0) is 0 Å². The molecule has 0 aliphatic rings. The van der Waals surface area contributed by atoms with Gasteiger partial charge < -0.3 is 9.59 Å². The second-order valence-corrected chi connectivity index (χ2v) is 8.53. The zero-order valence-corrected chi connectivity index (χ0v) is 17.5. The number of aliphatic hydroxyl groups excluding tert-OH is 1. The predicted molar refractivity (Wildman–Crippen MR) is 111 cm³/mol. The van der Waals surface area contributed by atoms with Crippen LogP contribution in [0.25, 0.3) is 0 Å². The largest absolute Gasteiger partial charge is 1.00 e.